The Morgan fingerprint density at radius 2 is 1.81 bits per heavy atom. The molecule has 0 heterocycles. The minimum absolute atomic E-state index is 0.425. The second-order valence-electron chi connectivity index (χ2n) is 2.93. The van der Waals surface area contributed by atoms with E-state index in [0.717, 1.165) is 0 Å². The number of benzene rings is 1. The van der Waals surface area contributed by atoms with Crippen LogP contribution in [0.2, 0.25) is 0 Å². The van der Waals surface area contributed by atoms with Gasteiger partial charge in [-0.3, -0.25) is 0 Å². The highest BCUT2D eigenvalue weighted by Crippen LogP contribution is 2.34. The van der Waals surface area contributed by atoms with Crippen LogP contribution in [0.25, 0.3) is 0 Å². The normalized spacial score (nSPS) is 10.6. The lowest BCUT2D eigenvalue weighted by atomic mass is 10.0. The van der Waals surface area contributed by atoms with Gasteiger partial charge in [-0.15, -0.1) is 0 Å². The monoisotopic (exact) mass is 228 g/mol. The Morgan fingerprint density at radius 1 is 1.19 bits per heavy atom. The molecule has 1 aromatic carbocycles. The first-order valence-electron chi connectivity index (χ1n) is 4.06. The largest absolute Gasteiger partial charge is 0.416 e. The van der Waals surface area contributed by atoms with Crippen LogP contribution in [-0.4, -0.2) is 0 Å². The van der Waals surface area contributed by atoms with Gasteiger partial charge in [-0.25, -0.2) is 4.39 Å². The Hall–Kier alpha value is -2.08. The highest BCUT2D eigenvalue weighted by Gasteiger charge is 2.35. The molecule has 16 heavy (non-hydrogen) atoms. The number of hydrogen-bond acceptors (Lipinski definition) is 2. The molecule has 6 heteroatoms. The molecule has 0 unspecified atom stereocenters. The summed E-state index contributed by atoms with van der Waals surface area (Å²) in [4.78, 5) is 0. The number of nitrogens with zero attached hydrogens (tertiary/aromatic N) is 2. The van der Waals surface area contributed by atoms with E-state index in [1.807, 2.05) is 0 Å². The molecule has 0 aromatic heterocycles. The van der Waals surface area contributed by atoms with Gasteiger partial charge in [0, 0.05) is 5.56 Å². The van der Waals surface area contributed by atoms with E-state index in [9.17, 15) is 17.6 Å². The van der Waals surface area contributed by atoms with E-state index in [-0.39, 0.29) is 0 Å². The molecule has 0 aliphatic rings. The van der Waals surface area contributed by atoms with Gasteiger partial charge in [0.15, 0.2) is 0 Å². The first kappa shape index (κ1) is 12.0. The molecule has 0 N–H and O–H groups in total. The van der Waals surface area contributed by atoms with E-state index in [1.165, 1.54) is 12.1 Å². The summed E-state index contributed by atoms with van der Waals surface area (Å²) >= 11 is 0. The van der Waals surface area contributed by atoms with Crippen LogP contribution in [0, 0.1) is 28.5 Å². The quantitative estimate of drug-likeness (QED) is 0.694. The van der Waals surface area contributed by atoms with E-state index in [2.05, 4.69) is 0 Å². The Bertz CT molecular complexity index is 491. The maximum absolute atomic E-state index is 13.2. The zero-order valence-corrected chi connectivity index (χ0v) is 7.77. The Balaban J connectivity index is 3.49. The van der Waals surface area contributed by atoms with Crippen molar-refractivity contribution in [3.8, 4) is 12.1 Å². The number of hydrogen-bond donors (Lipinski definition) is 0. The lowest BCUT2D eigenvalue weighted by Crippen LogP contribution is -2.11. The third-order valence-corrected chi connectivity index (χ3v) is 1.89. The van der Waals surface area contributed by atoms with E-state index >= 15 is 0 Å². The second-order valence-corrected chi connectivity index (χ2v) is 2.93. The summed E-state index contributed by atoms with van der Waals surface area (Å²) in [6.07, 6.45) is -5.47. The molecule has 0 radical (unpaired) electrons. The second kappa shape index (κ2) is 4.19. The SMILES string of the molecule is N#CCc1c(F)cc(C#N)cc1C(F)(F)F. The fourth-order valence-electron chi connectivity index (χ4n) is 1.21. The Kier molecular flexibility index (Phi) is 3.14. The summed E-state index contributed by atoms with van der Waals surface area (Å²) in [5, 5.41) is 16.7. The van der Waals surface area contributed by atoms with Gasteiger partial charge in [-0.1, -0.05) is 0 Å². The van der Waals surface area contributed by atoms with Crippen molar-refractivity contribution >= 4 is 0 Å². The molecule has 0 saturated carbocycles. The van der Waals surface area contributed by atoms with Crippen molar-refractivity contribution in [1.29, 1.82) is 10.5 Å². The highest BCUT2D eigenvalue weighted by atomic mass is 19.4. The molecule has 0 amide bonds. The minimum atomic E-state index is -4.78. The molecular weight excluding hydrogens is 224 g/mol. The molecule has 0 fully saturated rings. The van der Waals surface area contributed by atoms with E-state index in [1.54, 1.807) is 0 Å². The van der Waals surface area contributed by atoms with Gasteiger partial charge >= 0.3 is 6.18 Å². The maximum Gasteiger partial charge on any atom is 0.416 e. The lowest BCUT2D eigenvalue weighted by molar-refractivity contribution is -0.138. The summed E-state index contributed by atoms with van der Waals surface area (Å²) in [5.41, 5.74) is -2.42. The van der Waals surface area contributed by atoms with Gasteiger partial charge in [-0.05, 0) is 12.1 Å². The van der Waals surface area contributed by atoms with Crippen LogP contribution in [0.5, 0.6) is 0 Å². The molecule has 0 saturated heterocycles. The predicted molar refractivity (Wildman–Crippen MR) is 45.4 cm³/mol. The van der Waals surface area contributed by atoms with Gasteiger partial charge in [0.1, 0.15) is 5.82 Å². The standard InChI is InChI=1S/C10H4F4N2/c11-9-4-6(5-16)3-8(10(12,13)14)7(9)1-2-15/h3-4H,1H2. The van der Waals surface area contributed by atoms with E-state index in [4.69, 9.17) is 10.5 Å². The molecule has 0 aliphatic heterocycles. The van der Waals surface area contributed by atoms with Crippen molar-refractivity contribution in [2.75, 3.05) is 0 Å². The van der Waals surface area contributed by atoms with Crippen LogP contribution in [0.3, 0.4) is 0 Å². The average Bonchev–Trinajstić information content (AvgIpc) is 2.19. The molecule has 0 spiro atoms. The Morgan fingerprint density at radius 3 is 2.25 bits per heavy atom. The van der Waals surface area contributed by atoms with Crippen LogP contribution in [-0.2, 0) is 12.6 Å². The van der Waals surface area contributed by atoms with Crippen molar-refractivity contribution in [3.05, 3.63) is 34.6 Å². The average molecular weight is 228 g/mol. The number of rotatable bonds is 1. The molecule has 82 valence electrons. The first-order valence-corrected chi connectivity index (χ1v) is 4.06. The van der Waals surface area contributed by atoms with Gasteiger partial charge in [0.25, 0.3) is 0 Å². The fourth-order valence-corrected chi connectivity index (χ4v) is 1.21. The van der Waals surface area contributed by atoms with Crippen molar-refractivity contribution in [2.45, 2.75) is 12.6 Å². The van der Waals surface area contributed by atoms with Crippen LogP contribution < -0.4 is 0 Å². The summed E-state index contributed by atoms with van der Waals surface area (Å²) in [5.74, 6) is -1.19. The number of nitriles is 2. The first-order chi connectivity index (χ1) is 7.40. The maximum atomic E-state index is 13.2. The third-order valence-electron chi connectivity index (χ3n) is 1.89. The highest BCUT2D eigenvalue weighted by molar-refractivity contribution is 5.41. The molecule has 0 aliphatic carbocycles. The molecule has 2 nitrogen and oxygen atoms in total. The van der Waals surface area contributed by atoms with Gasteiger partial charge in [-0.2, -0.15) is 23.7 Å². The molecule has 0 bridgehead atoms. The molecular formula is C10H4F4N2. The van der Waals surface area contributed by atoms with Gasteiger partial charge < -0.3 is 0 Å². The molecule has 0 atom stereocenters. The topological polar surface area (TPSA) is 47.6 Å². The lowest BCUT2D eigenvalue weighted by Gasteiger charge is -2.11. The van der Waals surface area contributed by atoms with Gasteiger partial charge in [0.2, 0.25) is 0 Å². The zero-order valence-electron chi connectivity index (χ0n) is 7.77. The Labute approximate surface area is 88.3 Å². The smallest absolute Gasteiger partial charge is 0.207 e. The summed E-state index contributed by atoms with van der Waals surface area (Å²) in [6.45, 7) is 0. The van der Waals surface area contributed by atoms with Crippen LogP contribution >= 0.6 is 0 Å². The third kappa shape index (κ3) is 2.29. The minimum Gasteiger partial charge on any atom is -0.207 e. The van der Waals surface area contributed by atoms with Crippen molar-refractivity contribution < 1.29 is 17.6 Å². The zero-order chi connectivity index (χ0) is 12.3. The summed E-state index contributed by atoms with van der Waals surface area (Å²) in [7, 11) is 0. The summed E-state index contributed by atoms with van der Waals surface area (Å²) < 4.78 is 50.7. The molecule has 1 aromatic rings. The van der Waals surface area contributed by atoms with Crippen LogP contribution in [0.4, 0.5) is 17.6 Å². The van der Waals surface area contributed by atoms with Crippen molar-refractivity contribution in [3.63, 3.8) is 0 Å². The van der Waals surface area contributed by atoms with E-state index < -0.39 is 35.1 Å². The van der Waals surface area contributed by atoms with Crippen LogP contribution in [0.15, 0.2) is 12.1 Å². The molecule has 1 rings (SSSR count). The van der Waals surface area contributed by atoms with Gasteiger partial charge in [0.05, 0.1) is 29.7 Å². The van der Waals surface area contributed by atoms with Crippen molar-refractivity contribution in [1.82, 2.24) is 0 Å². The summed E-state index contributed by atoms with van der Waals surface area (Å²) in [6, 6.07) is 4.10. The number of halogens is 4. The number of alkyl halides is 3. The van der Waals surface area contributed by atoms with E-state index in [0.29, 0.717) is 12.1 Å². The fraction of sp³-hybridized carbons (Fsp3) is 0.200. The van der Waals surface area contributed by atoms with Crippen LogP contribution in [0.1, 0.15) is 16.7 Å². The predicted octanol–water partition coefficient (Wildman–Crippen LogP) is 2.78. The van der Waals surface area contributed by atoms with Crippen molar-refractivity contribution in [2.24, 2.45) is 0 Å².